The number of Topliss-reactive ketones (excluding diaryl/α,β-unsaturated/α-hetero) is 1. The van der Waals surface area contributed by atoms with Crippen molar-refractivity contribution in [1.29, 1.82) is 0 Å². The number of nitrogens with two attached hydrogens (primary N) is 1. The second-order valence-electron chi connectivity index (χ2n) is 7.99. The molecule has 1 aliphatic rings. The lowest BCUT2D eigenvalue weighted by molar-refractivity contribution is -0.133. The van der Waals surface area contributed by atoms with Crippen LogP contribution in [0.4, 0.5) is 5.82 Å². The zero-order valence-corrected chi connectivity index (χ0v) is 17.8. The molecular weight excluding hydrogens is 390 g/mol. The number of carbonyl (C=O) groups excluding carboxylic acids is 2. The highest BCUT2D eigenvalue weighted by Crippen LogP contribution is 2.18. The first-order chi connectivity index (χ1) is 15.0. The van der Waals surface area contributed by atoms with Gasteiger partial charge in [0.15, 0.2) is 5.78 Å². The number of benzene rings is 2. The molecule has 2 aromatic carbocycles. The van der Waals surface area contributed by atoms with Gasteiger partial charge in [-0.15, -0.1) is 0 Å². The average molecular weight is 418 g/mol. The Bertz CT molecular complexity index is 1090. The Morgan fingerprint density at radius 1 is 0.935 bits per heavy atom. The van der Waals surface area contributed by atoms with Gasteiger partial charge in [-0.1, -0.05) is 42.0 Å². The van der Waals surface area contributed by atoms with Crippen molar-refractivity contribution >= 4 is 28.4 Å². The molecule has 160 valence electrons. The molecule has 31 heavy (non-hydrogen) atoms. The summed E-state index contributed by atoms with van der Waals surface area (Å²) in [6.07, 6.45) is 0.489. The number of nitrogens with zero attached hydrogens (tertiary/aromatic N) is 4. The van der Waals surface area contributed by atoms with Crippen molar-refractivity contribution in [1.82, 2.24) is 19.8 Å². The largest absolute Gasteiger partial charge is 0.383 e. The van der Waals surface area contributed by atoms with Crippen LogP contribution in [0.2, 0.25) is 0 Å². The summed E-state index contributed by atoms with van der Waals surface area (Å²) in [5, 5.41) is 0.863. The molecule has 0 unspecified atom stereocenters. The van der Waals surface area contributed by atoms with E-state index in [-0.39, 0.29) is 24.5 Å². The van der Waals surface area contributed by atoms with Gasteiger partial charge in [-0.3, -0.25) is 14.5 Å². The summed E-state index contributed by atoms with van der Waals surface area (Å²) in [6, 6.07) is 15.2. The van der Waals surface area contributed by atoms with Crippen LogP contribution in [0.15, 0.2) is 48.5 Å². The van der Waals surface area contributed by atoms with Crippen molar-refractivity contribution in [2.45, 2.75) is 26.3 Å². The Kier molecular flexibility index (Phi) is 6.23. The maximum atomic E-state index is 12.6. The third-order valence-corrected chi connectivity index (χ3v) is 5.71. The van der Waals surface area contributed by atoms with Crippen LogP contribution in [0.5, 0.6) is 0 Å². The number of carbonyl (C=O) groups is 2. The second-order valence-corrected chi connectivity index (χ2v) is 7.99. The Labute approximate surface area is 181 Å². The molecule has 1 aromatic heterocycles. The smallest absolute Gasteiger partial charge is 0.223 e. The third-order valence-electron chi connectivity index (χ3n) is 5.71. The number of nitrogen functional groups attached to an aromatic ring is 1. The molecule has 7 nitrogen and oxygen atoms in total. The molecule has 2 N–H and O–H groups in total. The van der Waals surface area contributed by atoms with Gasteiger partial charge in [-0.25, -0.2) is 9.97 Å². The van der Waals surface area contributed by atoms with Crippen LogP contribution in [0.3, 0.4) is 0 Å². The number of para-hydroxylation sites is 1. The maximum Gasteiger partial charge on any atom is 0.223 e. The Morgan fingerprint density at radius 3 is 2.39 bits per heavy atom. The summed E-state index contributed by atoms with van der Waals surface area (Å²) < 4.78 is 0. The summed E-state index contributed by atoms with van der Waals surface area (Å²) >= 11 is 0. The van der Waals surface area contributed by atoms with Crippen LogP contribution in [0.25, 0.3) is 10.9 Å². The van der Waals surface area contributed by atoms with Crippen LogP contribution in [-0.4, -0.2) is 57.6 Å². The van der Waals surface area contributed by atoms with Gasteiger partial charge in [-0.2, -0.15) is 0 Å². The van der Waals surface area contributed by atoms with Gasteiger partial charge < -0.3 is 10.6 Å². The van der Waals surface area contributed by atoms with E-state index in [0.29, 0.717) is 36.8 Å². The number of aryl methyl sites for hydroxylation is 1. The number of aromatic nitrogens is 2. The number of piperazine rings is 1. The Morgan fingerprint density at radius 2 is 1.65 bits per heavy atom. The van der Waals surface area contributed by atoms with Crippen molar-refractivity contribution in [3.63, 3.8) is 0 Å². The predicted octanol–water partition coefficient (Wildman–Crippen LogP) is 2.83. The summed E-state index contributed by atoms with van der Waals surface area (Å²) in [5.74, 6) is 1.23. The topological polar surface area (TPSA) is 92.4 Å². The van der Waals surface area contributed by atoms with Crippen molar-refractivity contribution in [3.05, 3.63) is 65.5 Å². The Balaban J connectivity index is 1.27. The van der Waals surface area contributed by atoms with Gasteiger partial charge in [0.2, 0.25) is 5.91 Å². The number of ketones is 1. The molecule has 3 aromatic rings. The highest BCUT2D eigenvalue weighted by atomic mass is 16.2. The van der Waals surface area contributed by atoms with Crippen LogP contribution >= 0.6 is 0 Å². The lowest BCUT2D eigenvalue weighted by Gasteiger charge is -2.34. The fourth-order valence-corrected chi connectivity index (χ4v) is 3.84. The van der Waals surface area contributed by atoms with E-state index in [1.165, 1.54) is 0 Å². The molecule has 0 atom stereocenters. The van der Waals surface area contributed by atoms with Gasteiger partial charge in [0, 0.05) is 50.0 Å². The molecule has 0 spiro atoms. The molecule has 2 heterocycles. The van der Waals surface area contributed by atoms with E-state index in [9.17, 15) is 9.59 Å². The van der Waals surface area contributed by atoms with E-state index in [2.05, 4.69) is 14.9 Å². The molecule has 0 radical (unpaired) electrons. The van der Waals surface area contributed by atoms with Crippen LogP contribution in [-0.2, 0) is 11.3 Å². The predicted molar refractivity (Wildman–Crippen MR) is 121 cm³/mol. The minimum Gasteiger partial charge on any atom is -0.383 e. The zero-order chi connectivity index (χ0) is 21.8. The molecule has 1 saturated heterocycles. The van der Waals surface area contributed by atoms with E-state index >= 15 is 0 Å². The number of hydrogen-bond donors (Lipinski definition) is 1. The number of anilines is 1. The monoisotopic (exact) mass is 417 g/mol. The lowest BCUT2D eigenvalue weighted by atomic mass is 10.0. The van der Waals surface area contributed by atoms with Crippen LogP contribution in [0.1, 0.15) is 34.6 Å². The molecular formula is C24H27N5O2. The van der Waals surface area contributed by atoms with Gasteiger partial charge in [0.05, 0.1) is 12.1 Å². The zero-order valence-electron chi connectivity index (χ0n) is 17.8. The molecule has 1 amide bonds. The summed E-state index contributed by atoms with van der Waals surface area (Å²) in [4.78, 5) is 38.0. The van der Waals surface area contributed by atoms with E-state index in [1.54, 1.807) is 0 Å². The first-order valence-corrected chi connectivity index (χ1v) is 10.6. The Hall–Kier alpha value is -3.32. The van der Waals surface area contributed by atoms with Crippen LogP contribution in [0, 0.1) is 6.92 Å². The molecule has 1 fully saturated rings. The molecule has 0 saturated carbocycles. The third kappa shape index (κ3) is 5.06. The second kappa shape index (κ2) is 9.22. The SMILES string of the molecule is Cc1ccc(C(=O)CCC(=O)N2CCN(Cc3nc(N)c4ccccc4n3)CC2)cc1. The standard InChI is InChI=1S/C24H27N5O2/c1-17-6-8-18(9-7-17)21(30)10-11-23(31)29-14-12-28(13-15-29)16-22-26-20-5-3-2-4-19(20)24(25)27-22/h2-9H,10-16H2,1H3,(H2,25,26,27). The molecule has 4 rings (SSSR count). The van der Waals surface area contributed by atoms with Crippen molar-refractivity contribution < 1.29 is 9.59 Å². The number of hydrogen-bond acceptors (Lipinski definition) is 6. The van der Waals surface area contributed by atoms with E-state index in [4.69, 9.17) is 5.73 Å². The molecule has 1 aliphatic heterocycles. The van der Waals surface area contributed by atoms with Gasteiger partial charge >= 0.3 is 0 Å². The fourth-order valence-electron chi connectivity index (χ4n) is 3.84. The van der Waals surface area contributed by atoms with Crippen molar-refractivity contribution in [2.24, 2.45) is 0 Å². The maximum absolute atomic E-state index is 12.6. The summed E-state index contributed by atoms with van der Waals surface area (Å²) in [7, 11) is 0. The van der Waals surface area contributed by atoms with E-state index in [1.807, 2.05) is 60.4 Å². The molecule has 0 aliphatic carbocycles. The number of rotatable bonds is 6. The van der Waals surface area contributed by atoms with Crippen molar-refractivity contribution in [2.75, 3.05) is 31.9 Å². The highest BCUT2D eigenvalue weighted by Gasteiger charge is 2.22. The lowest BCUT2D eigenvalue weighted by Crippen LogP contribution is -2.48. The minimum absolute atomic E-state index is 0.0121. The van der Waals surface area contributed by atoms with E-state index in [0.717, 1.165) is 29.6 Å². The van der Waals surface area contributed by atoms with Crippen molar-refractivity contribution in [3.8, 4) is 0 Å². The van der Waals surface area contributed by atoms with Gasteiger partial charge in [0.25, 0.3) is 0 Å². The van der Waals surface area contributed by atoms with Gasteiger partial charge in [0.1, 0.15) is 11.6 Å². The summed E-state index contributed by atoms with van der Waals surface area (Å²) in [6.45, 7) is 5.35. The molecule has 7 heteroatoms. The normalized spacial score (nSPS) is 14.7. The van der Waals surface area contributed by atoms with Gasteiger partial charge in [-0.05, 0) is 19.1 Å². The highest BCUT2D eigenvalue weighted by molar-refractivity contribution is 5.98. The van der Waals surface area contributed by atoms with E-state index < -0.39 is 0 Å². The first kappa shape index (κ1) is 20.9. The minimum atomic E-state index is 0.0121. The van der Waals surface area contributed by atoms with Crippen LogP contribution < -0.4 is 5.73 Å². The quantitative estimate of drug-likeness (QED) is 0.620. The number of fused-ring (bicyclic) bond motifs is 1. The first-order valence-electron chi connectivity index (χ1n) is 10.6. The molecule has 0 bridgehead atoms. The average Bonchev–Trinajstić information content (AvgIpc) is 2.78. The summed E-state index contributed by atoms with van der Waals surface area (Å²) in [5.41, 5.74) is 8.70. The fraction of sp³-hybridized carbons (Fsp3) is 0.333. The number of amides is 1.